The Morgan fingerprint density at radius 2 is 1.76 bits per heavy atom. The van der Waals surface area contributed by atoms with Crippen molar-refractivity contribution in [1.82, 2.24) is 10.2 Å². The van der Waals surface area contributed by atoms with Crippen molar-refractivity contribution in [1.29, 1.82) is 0 Å². The minimum Gasteiger partial charge on any atom is -0.484 e. The molecule has 0 bridgehead atoms. The van der Waals surface area contributed by atoms with Gasteiger partial charge in [-0.15, -0.1) is 0 Å². The van der Waals surface area contributed by atoms with Crippen LogP contribution < -0.4 is 10.1 Å². The van der Waals surface area contributed by atoms with E-state index in [9.17, 15) is 18.4 Å². The third-order valence-corrected chi connectivity index (χ3v) is 4.49. The van der Waals surface area contributed by atoms with E-state index in [1.807, 2.05) is 0 Å². The Labute approximate surface area is 166 Å². The Kier molecular flexibility index (Phi) is 6.11. The SMILES string of the molecule is CCOC(=O)C1=C(COc2ccccc2F)N(C)C(=O)N[C@@H]1c1ccccc1F. The molecule has 2 aromatic carbocycles. The number of para-hydroxylation sites is 1. The van der Waals surface area contributed by atoms with Crippen LogP contribution in [0.3, 0.4) is 0 Å². The van der Waals surface area contributed by atoms with E-state index >= 15 is 0 Å². The summed E-state index contributed by atoms with van der Waals surface area (Å²) in [5.41, 5.74) is 0.291. The molecule has 152 valence electrons. The van der Waals surface area contributed by atoms with Crippen LogP contribution in [-0.2, 0) is 9.53 Å². The molecule has 1 N–H and O–H groups in total. The lowest BCUT2D eigenvalue weighted by molar-refractivity contribution is -0.139. The quantitative estimate of drug-likeness (QED) is 0.751. The fourth-order valence-corrected chi connectivity index (χ4v) is 3.03. The first-order valence-corrected chi connectivity index (χ1v) is 9.00. The van der Waals surface area contributed by atoms with Crippen molar-refractivity contribution in [2.45, 2.75) is 13.0 Å². The number of ether oxygens (including phenoxy) is 2. The lowest BCUT2D eigenvalue weighted by Crippen LogP contribution is -2.48. The number of amides is 2. The highest BCUT2D eigenvalue weighted by molar-refractivity contribution is 5.95. The number of carbonyl (C=O) groups is 2. The zero-order valence-electron chi connectivity index (χ0n) is 15.9. The van der Waals surface area contributed by atoms with Crippen LogP contribution in [0.15, 0.2) is 59.8 Å². The monoisotopic (exact) mass is 402 g/mol. The normalized spacial score (nSPS) is 16.5. The van der Waals surface area contributed by atoms with Gasteiger partial charge in [0.15, 0.2) is 11.6 Å². The van der Waals surface area contributed by atoms with Gasteiger partial charge in [0, 0.05) is 12.6 Å². The molecule has 1 atom stereocenters. The molecule has 3 rings (SSSR count). The van der Waals surface area contributed by atoms with Crippen LogP contribution in [0.5, 0.6) is 5.75 Å². The molecule has 0 fully saturated rings. The molecule has 0 radical (unpaired) electrons. The molecular formula is C21H20F2N2O4. The summed E-state index contributed by atoms with van der Waals surface area (Å²) < 4.78 is 39.0. The van der Waals surface area contributed by atoms with Crippen molar-refractivity contribution >= 4 is 12.0 Å². The number of esters is 1. The number of rotatable bonds is 6. The summed E-state index contributed by atoms with van der Waals surface area (Å²) in [6.45, 7) is 1.44. The summed E-state index contributed by atoms with van der Waals surface area (Å²) in [7, 11) is 1.44. The molecule has 1 aliphatic heterocycles. The third-order valence-electron chi connectivity index (χ3n) is 4.49. The van der Waals surface area contributed by atoms with E-state index in [4.69, 9.17) is 9.47 Å². The lowest BCUT2D eigenvalue weighted by Gasteiger charge is -2.34. The fraction of sp³-hybridized carbons (Fsp3) is 0.238. The van der Waals surface area contributed by atoms with Gasteiger partial charge < -0.3 is 14.8 Å². The minimum atomic E-state index is -1.07. The van der Waals surface area contributed by atoms with Crippen LogP contribution in [0, 0.1) is 11.6 Å². The molecule has 29 heavy (non-hydrogen) atoms. The zero-order chi connectivity index (χ0) is 21.0. The maximum Gasteiger partial charge on any atom is 0.338 e. The van der Waals surface area contributed by atoms with E-state index in [0.717, 1.165) is 0 Å². The molecule has 1 aliphatic rings. The number of hydrogen-bond acceptors (Lipinski definition) is 4. The predicted octanol–water partition coefficient (Wildman–Crippen LogP) is 3.56. The first-order chi connectivity index (χ1) is 13.9. The summed E-state index contributed by atoms with van der Waals surface area (Å²) in [6.07, 6.45) is 0. The van der Waals surface area contributed by atoms with Gasteiger partial charge in [0.05, 0.1) is 23.9 Å². The summed E-state index contributed by atoms with van der Waals surface area (Å²) in [6, 6.07) is 9.95. The molecule has 0 spiro atoms. The van der Waals surface area contributed by atoms with Crippen molar-refractivity contribution in [2.24, 2.45) is 0 Å². The topological polar surface area (TPSA) is 67.9 Å². The second-order valence-electron chi connectivity index (χ2n) is 6.26. The van der Waals surface area contributed by atoms with Crippen molar-refractivity contribution in [3.05, 3.63) is 77.0 Å². The maximum atomic E-state index is 14.4. The molecule has 0 aromatic heterocycles. The van der Waals surface area contributed by atoms with Gasteiger partial charge in [-0.3, -0.25) is 4.90 Å². The van der Waals surface area contributed by atoms with Gasteiger partial charge in [0.2, 0.25) is 0 Å². The Balaban J connectivity index is 2.07. The van der Waals surface area contributed by atoms with E-state index in [1.165, 1.54) is 48.3 Å². The van der Waals surface area contributed by atoms with Crippen molar-refractivity contribution in [3.63, 3.8) is 0 Å². The molecule has 8 heteroatoms. The largest absolute Gasteiger partial charge is 0.484 e. The van der Waals surface area contributed by atoms with Crippen LogP contribution in [0.25, 0.3) is 0 Å². The van der Waals surface area contributed by atoms with Gasteiger partial charge in [-0.2, -0.15) is 0 Å². The lowest BCUT2D eigenvalue weighted by atomic mass is 9.94. The molecule has 0 saturated carbocycles. The summed E-state index contributed by atoms with van der Waals surface area (Å²) in [5, 5.41) is 2.61. The zero-order valence-corrected chi connectivity index (χ0v) is 15.9. The fourth-order valence-electron chi connectivity index (χ4n) is 3.03. The van der Waals surface area contributed by atoms with Gasteiger partial charge in [-0.05, 0) is 25.1 Å². The average Bonchev–Trinajstić information content (AvgIpc) is 2.70. The second-order valence-corrected chi connectivity index (χ2v) is 6.26. The first kappa shape index (κ1) is 20.3. The number of halogens is 2. The van der Waals surface area contributed by atoms with Crippen molar-refractivity contribution < 1.29 is 27.8 Å². The van der Waals surface area contributed by atoms with Gasteiger partial charge in [-0.25, -0.2) is 18.4 Å². The average molecular weight is 402 g/mol. The van der Waals surface area contributed by atoms with Crippen molar-refractivity contribution in [2.75, 3.05) is 20.3 Å². The van der Waals surface area contributed by atoms with Crippen molar-refractivity contribution in [3.8, 4) is 5.75 Å². The number of nitrogens with one attached hydrogen (secondary N) is 1. The summed E-state index contributed by atoms with van der Waals surface area (Å²) in [5.74, 6) is -1.93. The van der Waals surface area contributed by atoms with Crippen LogP contribution in [0.2, 0.25) is 0 Å². The molecule has 1 heterocycles. The first-order valence-electron chi connectivity index (χ1n) is 9.00. The number of hydrogen-bond donors (Lipinski definition) is 1. The number of nitrogens with zero attached hydrogens (tertiary/aromatic N) is 1. The number of carbonyl (C=O) groups excluding carboxylic acids is 2. The van der Waals surface area contributed by atoms with Gasteiger partial charge in [0.25, 0.3) is 0 Å². The smallest absolute Gasteiger partial charge is 0.338 e. The highest BCUT2D eigenvalue weighted by atomic mass is 19.1. The molecule has 0 unspecified atom stereocenters. The Morgan fingerprint density at radius 3 is 2.41 bits per heavy atom. The number of benzene rings is 2. The summed E-state index contributed by atoms with van der Waals surface area (Å²) >= 11 is 0. The standard InChI is InChI=1S/C21H20F2N2O4/c1-3-28-20(26)18-16(12-29-17-11-7-6-10-15(17)23)25(2)21(27)24-19(18)13-8-4-5-9-14(13)22/h4-11,19H,3,12H2,1-2H3,(H,24,27)/t19-/m1/s1. The van der Waals surface area contributed by atoms with E-state index in [0.29, 0.717) is 0 Å². The predicted molar refractivity (Wildman–Crippen MR) is 101 cm³/mol. The van der Waals surface area contributed by atoms with Crippen LogP contribution in [0.4, 0.5) is 13.6 Å². The molecule has 0 aliphatic carbocycles. The van der Waals surface area contributed by atoms with Gasteiger partial charge >= 0.3 is 12.0 Å². The van der Waals surface area contributed by atoms with E-state index in [2.05, 4.69) is 5.32 Å². The second kappa shape index (κ2) is 8.72. The molecular weight excluding hydrogens is 382 g/mol. The molecule has 2 aromatic rings. The Morgan fingerprint density at radius 1 is 1.10 bits per heavy atom. The maximum absolute atomic E-state index is 14.4. The highest BCUT2D eigenvalue weighted by Crippen LogP contribution is 2.32. The Hall–Kier alpha value is -3.42. The van der Waals surface area contributed by atoms with Crippen LogP contribution >= 0.6 is 0 Å². The molecule has 0 saturated heterocycles. The number of urea groups is 1. The minimum absolute atomic E-state index is 0.0235. The third kappa shape index (κ3) is 4.21. The molecule has 2 amide bonds. The van der Waals surface area contributed by atoms with Crippen LogP contribution in [-0.4, -0.2) is 37.2 Å². The van der Waals surface area contributed by atoms with Gasteiger partial charge in [-0.1, -0.05) is 30.3 Å². The number of likely N-dealkylation sites (N-methyl/N-ethyl adjacent to an activating group) is 1. The van der Waals surface area contributed by atoms with E-state index in [-0.39, 0.29) is 35.8 Å². The van der Waals surface area contributed by atoms with E-state index in [1.54, 1.807) is 19.1 Å². The highest BCUT2D eigenvalue weighted by Gasteiger charge is 2.38. The van der Waals surface area contributed by atoms with E-state index < -0.39 is 29.7 Å². The van der Waals surface area contributed by atoms with Gasteiger partial charge in [0.1, 0.15) is 12.4 Å². The Bertz CT molecular complexity index is 961. The molecule has 6 nitrogen and oxygen atoms in total. The summed E-state index contributed by atoms with van der Waals surface area (Å²) in [4.78, 5) is 26.4. The van der Waals surface area contributed by atoms with Crippen LogP contribution in [0.1, 0.15) is 18.5 Å².